The highest BCUT2D eigenvalue weighted by molar-refractivity contribution is 5.94. The molecule has 1 N–H and O–H groups in total. The predicted molar refractivity (Wildman–Crippen MR) is 98.2 cm³/mol. The lowest BCUT2D eigenvalue weighted by Gasteiger charge is -2.25. The molecular weight excluding hydrogens is 314 g/mol. The molecule has 0 spiro atoms. The summed E-state index contributed by atoms with van der Waals surface area (Å²) in [7, 11) is 1.65. The molecule has 0 atom stereocenters. The summed E-state index contributed by atoms with van der Waals surface area (Å²) in [6, 6.07) is 22.4. The smallest absolute Gasteiger partial charge is 0.270 e. The van der Waals surface area contributed by atoms with Crippen molar-refractivity contribution >= 4 is 11.6 Å². The van der Waals surface area contributed by atoms with Crippen molar-refractivity contribution in [1.82, 2.24) is 9.99 Å². The number of amides is 1. The van der Waals surface area contributed by atoms with E-state index in [2.05, 4.69) is 5.43 Å². The molecule has 3 rings (SSSR count). The second-order valence-corrected chi connectivity index (χ2v) is 5.71. The molecule has 1 amide bonds. The third-order valence-corrected chi connectivity index (χ3v) is 3.85. The second-order valence-electron chi connectivity index (χ2n) is 5.71. The van der Waals surface area contributed by atoms with Crippen LogP contribution in [0.2, 0.25) is 0 Å². The highest BCUT2D eigenvalue weighted by Gasteiger charge is 2.13. The molecule has 126 valence electrons. The summed E-state index contributed by atoms with van der Waals surface area (Å²) in [5, 5.41) is 1.77. The van der Waals surface area contributed by atoms with E-state index in [1.165, 1.54) is 10.6 Å². The Kier molecular flexibility index (Phi) is 4.95. The number of nitrogens with one attached hydrogen (secondary N) is 1. The van der Waals surface area contributed by atoms with Gasteiger partial charge in [0.2, 0.25) is 0 Å². The number of carbonyl (C=O) groups is 1. The standard InChI is InChI=1S/C20H19N3O2/c1-22-13-12-17(14-19(22)24)20(25)21-23(18-10-6-3-7-11-18)15-16-8-4-2-5-9-16/h2-14H,15H2,1H3,(H,21,25). The molecule has 1 heterocycles. The number of pyridine rings is 1. The van der Waals surface area contributed by atoms with Gasteiger partial charge in [0.05, 0.1) is 12.2 Å². The van der Waals surface area contributed by atoms with Crippen molar-refractivity contribution in [3.63, 3.8) is 0 Å². The molecule has 5 heteroatoms. The van der Waals surface area contributed by atoms with Gasteiger partial charge >= 0.3 is 0 Å². The van der Waals surface area contributed by atoms with E-state index in [1.54, 1.807) is 24.3 Å². The van der Waals surface area contributed by atoms with Gasteiger partial charge in [0, 0.05) is 24.9 Å². The van der Waals surface area contributed by atoms with Crippen LogP contribution in [0.1, 0.15) is 15.9 Å². The second kappa shape index (κ2) is 7.49. The molecule has 0 aliphatic carbocycles. The van der Waals surface area contributed by atoms with Crippen LogP contribution >= 0.6 is 0 Å². The van der Waals surface area contributed by atoms with E-state index < -0.39 is 0 Å². The third-order valence-electron chi connectivity index (χ3n) is 3.85. The normalized spacial score (nSPS) is 10.3. The topological polar surface area (TPSA) is 54.3 Å². The fourth-order valence-corrected chi connectivity index (χ4v) is 2.45. The molecule has 2 aromatic carbocycles. The zero-order valence-electron chi connectivity index (χ0n) is 13.9. The zero-order chi connectivity index (χ0) is 17.6. The summed E-state index contributed by atoms with van der Waals surface area (Å²) in [4.78, 5) is 24.3. The Morgan fingerprint density at radius 1 is 1.00 bits per heavy atom. The summed E-state index contributed by atoms with van der Waals surface area (Å²) in [6.45, 7) is 0.515. The number of hydrazine groups is 1. The molecule has 1 aromatic heterocycles. The molecule has 0 aliphatic rings. The maximum absolute atomic E-state index is 12.6. The molecule has 0 unspecified atom stereocenters. The van der Waals surface area contributed by atoms with Gasteiger partial charge in [-0.1, -0.05) is 48.5 Å². The molecule has 5 nitrogen and oxygen atoms in total. The van der Waals surface area contributed by atoms with Crippen LogP contribution in [0.3, 0.4) is 0 Å². The maximum atomic E-state index is 12.6. The van der Waals surface area contributed by atoms with Crippen LogP contribution in [0.25, 0.3) is 0 Å². The number of carbonyl (C=O) groups excluding carboxylic acids is 1. The minimum Gasteiger partial charge on any atom is -0.319 e. The van der Waals surface area contributed by atoms with Crippen molar-refractivity contribution in [1.29, 1.82) is 0 Å². The largest absolute Gasteiger partial charge is 0.319 e. The zero-order valence-corrected chi connectivity index (χ0v) is 13.9. The Morgan fingerprint density at radius 2 is 1.64 bits per heavy atom. The minimum absolute atomic E-state index is 0.220. The van der Waals surface area contributed by atoms with Gasteiger partial charge in [-0.15, -0.1) is 0 Å². The quantitative estimate of drug-likeness (QED) is 0.731. The molecule has 0 aliphatic heterocycles. The van der Waals surface area contributed by atoms with Gasteiger partial charge in [-0.2, -0.15) is 0 Å². The van der Waals surface area contributed by atoms with Gasteiger partial charge in [-0.25, -0.2) is 0 Å². The van der Waals surface area contributed by atoms with Gasteiger partial charge in [-0.05, 0) is 23.8 Å². The number of rotatable bonds is 5. The van der Waals surface area contributed by atoms with Gasteiger partial charge < -0.3 is 4.57 Å². The van der Waals surface area contributed by atoms with Crippen LogP contribution in [0.15, 0.2) is 83.8 Å². The number of para-hydroxylation sites is 1. The van der Waals surface area contributed by atoms with Crippen LogP contribution in [-0.2, 0) is 13.6 Å². The van der Waals surface area contributed by atoms with Crippen LogP contribution in [0.5, 0.6) is 0 Å². The van der Waals surface area contributed by atoms with Crippen molar-refractivity contribution in [2.75, 3.05) is 5.01 Å². The summed E-state index contributed by atoms with van der Waals surface area (Å²) in [6.07, 6.45) is 1.58. The third kappa shape index (κ3) is 4.14. The number of nitrogens with zero attached hydrogens (tertiary/aromatic N) is 2. The number of anilines is 1. The Bertz CT molecular complexity index is 905. The molecule has 3 aromatic rings. The molecule has 0 saturated carbocycles. The average Bonchev–Trinajstić information content (AvgIpc) is 2.65. The predicted octanol–water partition coefficient (Wildman–Crippen LogP) is 2.74. The number of hydrogen-bond acceptors (Lipinski definition) is 3. The fourth-order valence-electron chi connectivity index (χ4n) is 2.45. The van der Waals surface area contributed by atoms with Crippen molar-refractivity contribution in [3.8, 4) is 0 Å². The lowest BCUT2D eigenvalue weighted by atomic mass is 10.2. The molecule has 0 radical (unpaired) electrons. The van der Waals surface area contributed by atoms with Crippen molar-refractivity contribution in [3.05, 3.63) is 100 Å². The fraction of sp³-hybridized carbons (Fsp3) is 0.100. The van der Waals surface area contributed by atoms with Crippen molar-refractivity contribution in [2.45, 2.75) is 6.54 Å². The summed E-state index contributed by atoms with van der Waals surface area (Å²) >= 11 is 0. The summed E-state index contributed by atoms with van der Waals surface area (Å²) < 4.78 is 1.43. The lowest BCUT2D eigenvalue weighted by molar-refractivity contribution is 0.0948. The number of aryl methyl sites for hydroxylation is 1. The van der Waals surface area contributed by atoms with Gasteiger partial charge in [0.1, 0.15) is 0 Å². The maximum Gasteiger partial charge on any atom is 0.270 e. The number of aromatic nitrogens is 1. The summed E-state index contributed by atoms with van der Waals surface area (Å²) in [5.41, 5.74) is 4.93. The van der Waals surface area contributed by atoms with Crippen LogP contribution < -0.4 is 16.0 Å². The number of hydrogen-bond donors (Lipinski definition) is 1. The first-order valence-corrected chi connectivity index (χ1v) is 7.97. The van der Waals surface area contributed by atoms with Crippen molar-refractivity contribution in [2.24, 2.45) is 7.05 Å². The molecule has 0 fully saturated rings. The Morgan fingerprint density at radius 3 is 2.28 bits per heavy atom. The monoisotopic (exact) mass is 333 g/mol. The van der Waals surface area contributed by atoms with Crippen LogP contribution in [0, 0.1) is 0 Å². The Labute approximate surface area is 146 Å². The lowest BCUT2D eigenvalue weighted by Crippen LogP contribution is -2.42. The highest BCUT2D eigenvalue weighted by atomic mass is 16.2. The van der Waals surface area contributed by atoms with Crippen LogP contribution in [0.4, 0.5) is 5.69 Å². The summed E-state index contributed by atoms with van der Waals surface area (Å²) in [5.74, 6) is -0.322. The van der Waals surface area contributed by atoms with Crippen LogP contribution in [-0.4, -0.2) is 10.5 Å². The number of benzene rings is 2. The van der Waals surface area contributed by atoms with E-state index in [-0.39, 0.29) is 11.5 Å². The van der Waals surface area contributed by atoms with E-state index in [9.17, 15) is 9.59 Å². The molecular formula is C20H19N3O2. The van der Waals surface area contributed by atoms with Gasteiger partial charge in [0.25, 0.3) is 11.5 Å². The molecule has 0 saturated heterocycles. The minimum atomic E-state index is -0.322. The average molecular weight is 333 g/mol. The van der Waals surface area contributed by atoms with Crippen molar-refractivity contribution < 1.29 is 4.79 Å². The Hall–Kier alpha value is -3.34. The SMILES string of the molecule is Cn1ccc(C(=O)NN(Cc2ccccc2)c2ccccc2)cc1=O. The van der Waals surface area contributed by atoms with E-state index in [0.717, 1.165) is 11.3 Å². The van der Waals surface area contributed by atoms with Gasteiger partial charge in [-0.3, -0.25) is 20.0 Å². The van der Waals surface area contributed by atoms with E-state index >= 15 is 0 Å². The van der Waals surface area contributed by atoms with E-state index in [0.29, 0.717) is 12.1 Å². The first-order chi connectivity index (χ1) is 12.1. The Balaban J connectivity index is 1.85. The highest BCUT2D eigenvalue weighted by Crippen LogP contribution is 2.15. The van der Waals surface area contributed by atoms with E-state index in [4.69, 9.17) is 0 Å². The first-order valence-electron chi connectivity index (χ1n) is 7.97. The molecule has 0 bridgehead atoms. The molecule has 25 heavy (non-hydrogen) atoms. The van der Waals surface area contributed by atoms with E-state index in [1.807, 2.05) is 60.7 Å². The first kappa shape index (κ1) is 16.5. The van der Waals surface area contributed by atoms with Gasteiger partial charge in [0.15, 0.2) is 0 Å².